The van der Waals surface area contributed by atoms with Crippen LogP contribution in [0.1, 0.15) is 48.4 Å². The Morgan fingerprint density at radius 2 is 1.74 bits per heavy atom. The van der Waals surface area contributed by atoms with Gasteiger partial charge in [-0.15, -0.1) is 0 Å². The van der Waals surface area contributed by atoms with Gasteiger partial charge < -0.3 is 10.2 Å². The predicted octanol–water partition coefficient (Wildman–Crippen LogP) is 4.73. The minimum Gasteiger partial charge on any atom is -0.325 e. The molecule has 1 saturated heterocycles. The largest absolute Gasteiger partial charge is 0.325 e. The minimum absolute atomic E-state index is 0.0118. The minimum atomic E-state index is -0.336. The summed E-state index contributed by atoms with van der Waals surface area (Å²) in [5, 5.41) is 3.10. The molecule has 2 aromatic rings. The van der Waals surface area contributed by atoms with Gasteiger partial charge in [-0.3, -0.25) is 9.59 Å². The fourth-order valence-corrected chi connectivity index (χ4v) is 3.71. The number of nitrogens with zero attached hydrogens (tertiary/aromatic N) is 1. The highest BCUT2D eigenvalue weighted by Gasteiger charge is 2.36. The zero-order valence-electron chi connectivity index (χ0n) is 16.8. The zero-order chi connectivity index (χ0) is 19.7. The summed E-state index contributed by atoms with van der Waals surface area (Å²) in [6.07, 6.45) is 0.252. The molecule has 0 spiro atoms. The average Bonchev–Trinajstić information content (AvgIpc) is 3.00. The van der Waals surface area contributed by atoms with Crippen molar-refractivity contribution in [1.29, 1.82) is 0 Å². The van der Waals surface area contributed by atoms with Crippen LogP contribution >= 0.6 is 0 Å². The smallest absolute Gasteiger partial charge is 0.229 e. The van der Waals surface area contributed by atoms with Crippen molar-refractivity contribution in [3.8, 4) is 0 Å². The van der Waals surface area contributed by atoms with E-state index in [2.05, 4.69) is 25.2 Å². The molecule has 27 heavy (non-hydrogen) atoms. The van der Waals surface area contributed by atoms with Crippen molar-refractivity contribution in [1.82, 2.24) is 0 Å². The fourth-order valence-electron chi connectivity index (χ4n) is 3.71. The van der Waals surface area contributed by atoms with E-state index in [1.54, 1.807) is 4.90 Å². The van der Waals surface area contributed by atoms with Crippen molar-refractivity contribution >= 4 is 23.2 Å². The molecule has 0 aliphatic carbocycles. The van der Waals surface area contributed by atoms with Crippen LogP contribution in [0, 0.1) is 26.7 Å². The van der Waals surface area contributed by atoms with Crippen molar-refractivity contribution in [3.05, 3.63) is 58.7 Å². The summed E-state index contributed by atoms with van der Waals surface area (Å²) < 4.78 is 0. The summed E-state index contributed by atoms with van der Waals surface area (Å²) in [6, 6.07) is 12.0. The Labute approximate surface area is 161 Å². The van der Waals surface area contributed by atoms with E-state index < -0.39 is 0 Å². The van der Waals surface area contributed by atoms with Crippen LogP contribution in [0.25, 0.3) is 0 Å². The molecule has 1 heterocycles. The Kier molecular flexibility index (Phi) is 5.36. The molecule has 2 aromatic carbocycles. The zero-order valence-corrected chi connectivity index (χ0v) is 16.8. The number of benzene rings is 2. The van der Waals surface area contributed by atoms with Crippen LogP contribution in [-0.4, -0.2) is 18.4 Å². The maximum Gasteiger partial charge on any atom is 0.229 e. The molecule has 142 valence electrons. The summed E-state index contributed by atoms with van der Waals surface area (Å²) >= 11 is 0. The summed E-state index contributed by atoms with van der Waals surface area (Å²) in [5.74, 6) is -0.0843. The van der Waals surface area contributed by atoms with Gasteiger partial charge in [0.05, 0.1) is 5.92 Å². The lowest BCUT2D eigenvalue weighted by atomic mass is 9.97. The summed E-state index contributed by atoms with van der Waals surface area (Å²) in [4.78, 5) is 27.3. The third-order valence-corrected chi connectivity index (χ3v) is 5.54. The van der Waals surface area contributed by atoms with E-state index >= 15 is 0 Å². The first-order valence-corrected chi connectivity index (χ1v) is 9.56. The molecule has 1 N–H and O–H groups in total. The van der Waals surface area contributed by atoms with Gasteiger partial charge in [0.2, 0.25) is 11.8 Å². The number of anilines is 2. The van der Waals surface area contributed by atoms with E-state index in [1.165, 1.54) is 0 Å². The van der Waals surface area contributed by atoms with Crippen LogP contribution in [-0.2, 0) is 9.59 Å². The van der Waals surface area contributed by atoms with E-state index in [0.29, 0.717) is 12.5 Å². The second-order valence-corrected chi connectivity index (χ2v) is 7.81. The molecule has 1 unspecified atom stereocenters. The molecule has 1 fully saturated rings. The van der Waals surface area contributed by atoms with Crippen LogP contribution in [0.3, 0.4) is 0 Å². The summed E-state index contributed by atoms with van der Waals surface area (Å²) in [6.45, 7) is 10.7. The number of carbonyl (C=O) groups is 2. The fraction of sp³-hybridized carbons (Fsp3) is 0.391. The average molecular weight is 364 g/mol. The first kappa shape index (κ1) is 19.2. The molecule has 2 amide bonds. The number of amides is 2. The summed E-state index contributed by atoms with van der Waals surface area (Å²) in [5.41, 5.74) is 6.20. The van der Waals surface area contributed by atoms with Crippen LogP contribution in [0.2, 0.25) is 0 Å². The Morgan fingerprint density at radius 3 is 2.44 bits per heavy atom. The lowest BCUT2D eigenvalue weighted by Gasteiger charge is -2.21. The maximum absolute atomic E-state index is 12.9. The normalized spacial score (nSPS) is 16.9. The highest BCUT2D eigenvalue weighted by Crippen LogP contribution is 2.32. The quantitative estimate of drug-likeness (QED) is 0.853. The lowest BCUT2D eigenvalue weighted by Crippen LogP contribution is -2.29. The first-order chi connectivity index (χ1) is 12.8. The Balaban J connectivity index is 1.80. The van der Waals surface area contributed by atoms with Crippen LogP contribution in [0.5, 0.6) is 0 Å². The van der Waals surface area contributed by atoms with Crippen molar-refractivity contribution in [2.75, 3.05) is 16.8 Å². The number of nitrogens with one attached hydrogen (secondary N) is 1. The monoisotopic (exact) mass is 364 g/mol. The SMILES string of the molecule is Cc1cccc(N2CC(C(=O)Nc3c(C)cccc3C(C)C)CC2=O)c1C. The number of para-hydroxylation sites is 1. The third-order valence-electron chi connectivity index (χ3n) is 5.54. The Bertz CT molecular complexity index is 886. The highest BCUT2D eigenvalue weighted by atomic mass is 16.2. The molecule has 4 heteroatoms. The van der Waals surface area contributed by atoms with Gasteiger partial charge in [-0.1, -0.05) is 44.2 Å². The van der Waals surface area contributed by atoms with Gasteiger partial charge >= 0.3 is 0 Å². The molecule has 0 bridgehead atoms. The van der Waals surface area contributed by atoms with Crippen LogP contribution < -0.4 is 10.2 Å². The van der Waals surface area contributed by atoms with Gasteiger partial charge in [-0.2, -0.15) is 0 Å². The van der Waals surface area contributed by atoms with E-state index in [9.17, 15) is 9.59 Å². The van der Waals surface area contributed by atoms with E-state index in [-0.39, 0.29) is 24.2 Å². The molecule has 4 nitrogen and oxygen atoms in total. The van der Waals surface area contributed by atoms with Gasteiger partial charge in [0.1, 0.15) is 0 Å². The predicted molar refractivity (Wildman–Crippen MR) is 110 cm³/mol. The second-order valence-electron chi connectivity index (χ2n) is 7.81. The van der Waals surface area contributed by atoms with E-state index in [1.807, 2.05) is 51.1 Å². The third kappa shape index (κ3) is 3.75. The molecule has 1 atom stereocenters. The molecule has 1 aliphatic rings. The molecule has 0 aromatic heterocycles. The number of rotatable bonds is 4. The number of hydrogen-bond acceptors (Lipinski definition) is 2. The number of hydrogen-bond donors (Lipinski definition) is 1. The van der Waals surface area contributed by atoms with E-state index in [4.69, 9.17) is 0 Å². The van der Waals surface area contributed by atoms with Gasteiger partial charge in [0.25, 0.3) is 0 Å². The lowest BCUT2D eigenvalue weighted by molar-refractivity contribution is -0.122. The molecular formula is C23H28N2O2. The number of carbonyl (C=O) groups excluding carboxylic acids is 2. The van der Waals surface area contributed by atoms with Crippen molar-refractivity contribution in [2.45, 2.75) is 47.0 Å². The second kappa shape index (κ2) is 7.55. The molecule has 3 rings (SSSR count). The Hall–Kier alpha value is -2.62. The maximum atomic E-state index is 12.9. The van der Waals surface area contributed by atoms with Gasteiger partial charge in [-0.25, -0.2) is 0 Å². The summed E-state index contributed by atoms with van der Waals surface area (Å²) in [7, 11) is 0. The molecule has 0 radical (unpaired) electrons. The van der Waals surface area contributed by atoms with Gasteiger partial charge in [-0.05, 0) is 55.0 Å². The molecule has 1 aliphatic heterocycles. The Morgan fingerprint density at radius 1 is 1.07 bits per heavy atom. The van der Waals surface area contributed by atoms with Crippen LogP contribution in [0.4, 0.5) is 11.4 Å². The van der Waals surface area contributed by atoms with E-state index in [0.717, 1.165) is 33.6 Å². The van der Waals surface area contributed by atoms with Crippen molar-refractivity contribution in [3.63, 3.8) is 0 Å². The van der Waals surface area contributed by atoms with Crippen molar-refractivity contribution < 1.29 is 9.59 Å². The van der Waals surface area contributed by atoms with Gasteiger partial charge in [0, 0.05) is 24.3 Å². The van der Waals surface area contributed by atoms with Crippen molar-refractivity contribution in [2.24, 2.45) is 5.92 Å². The highest BCUT2D eigenvalue weighted by molar-refractivity contribution is 6.04. The number of aryl methyl sites for hydroxylation is 2. The first-order valence-electron chi connectivity index (χ1n) is 9.56. The van der Waals surface area contributed by atoms with Crippen LogP contribution in [0.15, 0.2) is 36.4 Å². The van der Waals surface area contributed by atoms with Gasteiger partial charge in [0.15, 0.2) is 0 Å². The molecule has 0 saturated carbocycles. The topological polar surface area (TPSA) is 49.4 Å². The standard InChI is InChI=1S/C23H28N2O2/c1-14(2)19-10-6-9-16(4)22(19)24-23(27)18-12-21(26)25(13-18)20-11-7-8-15(3)17(20)5/h6-11,14,18H,12-13H2,1-5H3,(H,24,27). The molecular weight excluding hydrogens is 336 g/mol.